The van der Waals surface area contributed by atoms with Crippen molar-refractivity contribution in [1.82, 2.24) is 5.32 Å². The molecule has 1 unspecified atom stereocenters. The Morgan fingerprint density at radius 3 is 2.92 bits per heavy atom. The van der Waals surface area contributed by atoms with E-state index in [-0.39, 0.29) is 11.8 Å². The number of sulfone groups is 1. The SMILES string of the molecule is O=S1(=O)C=CC(NC2=NCCC2)C1. The Balaban J connectivity index is 1.95. The van der Waals surface area contributed by atoms with Crippen molar-refractivity contribution in [3.63, 3.8) is 0 Å². The molecule has 5 heteroatoms. The van der Waals surface area contributed by atoms with Gasteiger partial charge in [0.15, 0.2) is 9.84 Å². The van der Waals surface area contributed by atoms with Crippen LogP contribution in [0.2, 0.25) is 0 Å². The van der Waals surface area contributed by atoms with Crippen LogP contribution in [0.4, 0.5) is 0 Å². The summed E-state index contributed by atoms with van der Waals surface area (Å²) in [5.41, 5.74) is 0. The third-order valence-electron chi connectivity index (χ3n) is 2.16. The van der Waals surface area contributed by atoms with Crippen molar-refractivity contribution in [3.8, 4) is 0 Å². The zero-order chi connectivity index (χ0) is 9.31. The average molecular weight is 200 g/mol. The van der Waals surface area contributed by atoms with E-state index in [4.69, 9.17) is 0 Å². The van der Waals surface area contributed by atoms with Crippen LogP contribution in [-0.2, 0) is 9.84 Å². The Morgan fingerprint density at radius 2 is 2.38 bits per heavy atom. The van der Waals surface area contributed by atoms with Crippen molar-refractivity contribution < 1.29 is 8.42 Å². The first-order valence-electron chi connectivity index (χ1n) is 4.36. The van der Waals surface area contributed by atoms with E-state index < -0.39 is 9.84 Å². The topological polar surface area (TPSA) is 58.5 Å². The van der Waals surface area contributed by atoms with E-state index >= 15 is 0 Å². The van der Waals surface area contributed by atoms with Crippen LogP contribution in [0.15, 0.2) is 16.5 Å². The first-order valence-corrected chi connectivity index (χ1v) is 6.08. The number of nitrogens with one attached hydrogen (secondary N) is 1. The zero-order valence-corrected chi connectivity index (χ0v) is 8.05. The summed E-state index contributed by atoms with van der Waals surface area (Å²) in [6, 6.07) is -0.0677. The fraction of sp³-hybridized carbons (Fsp3) is 0.625. The lowest BCUT2D eigenvalue weighted by atomic mass is 10.3. The molecule has 0 aliphatic carbocycles. The Bertz CT molecular complexity index is 356. The van der Waals surface area contributed by atoms with Crippen LogP contribution >= 0.6 is 0 Å². The molecule has 4 nitrogen and oxygen atoms in total. The highest BCUT2D eigenvalue weighted by Crippen LogP contribution is 2.10. The summed E-state index contributed by atoms with van der Waals surface area (Å²) >= 11 is 0. The fourth-order valence-corrected chi connectivity index (χ4v) is 2.77. The Hall–Kier alpha value is -0.840. The van der Waals surface area contributed by atoms with Crippen LogP contribution in [0.3, 0.4) is 0 Å². The zero-order valence-electron chi connectivity index (χ0n) is 7.23. The Morgan fingerprint density at radius 1 is 1.54 bits per heavy atom. The van der Waals surface area contributed by atoms with E-state index in [9.17, 15) is 8.42 Å². The summed E-state index contributed by atoms with van der Waals surface area (Å²) in [7, 11) is -2.94. The first kappa shape index (κ1) is 8.74. The predicted molar refractivity (Wildman–Crippen MR) is 51.4 cm³/mol. The molecule has 0 bridgehead atoms. The van der Waals surface area contributed by atoms with Gasteiger partial charge in [-0.15, -0.1) is 0 Å². The maximum atomic E-state index is 11.0. The van der Waals surface area contributed by atoms with Crippen LogP contribution in [0, 0.1) is 0 Å². The van der Waals surface area contributed by atoms with E-state index in [0.717, 1.165) is 25.2 Å². The van der Waals surface area contributed by atoms with Crippen LogP contribution in [0.5, 0.6) is 0 Å². The molecule has 1 atom stereocenters. The van der Waals surface area contributed by atoms with Crippen molar-refractivity contribution in [2.45, 2.75) is 18.9 Å². The summed E-state index contributed by atoms with van der Waals surface area (Å²) in [4.78, 5) is 4.22. The van der Waals surface area contributed by atoms with Crippen molar-refractivity contribution in [1.29, 1.82) is 0 Å². The highest BCUT2D eigenvalue weighted by atomic mass is 32.2. The van der Waals surface area contributed by atoms with Crippen molar-refractivity contribution >= 4 is 15.7 Å². The molecule has 0 spiro atoms. The lowest BCUT2D eigenvalue weighted by Crippen LogP contribution is -2.34. The second kappa shape index (κ2) is 3.14. The lowest BCUT2D eigenvalue weighted by molar-refractivity contribution is 0.602. The van der Waals surface area contributed by atoms with Crippen LogP contribution < -0.4 is 5.32 Å². The van der Waals surface area contributed by atoms with E-state index in [1.165, 1.54) is 5.41 Å². The smallest absolute Gasteiger partial charge is 0.173 e. The number of nitrogens with zero attached hydrogens (tertiary/aromatic N) is 1. The Kier molecular flexibility index (Phi) is 2.11. The molecule has 1 N–H and O–H groups in total. The van der Waals surface area contributed by atoms with Crippen LogP contribution in [-0.4, -0.2) is 32.6 Å². The van der Waals surface area contributed by atoms with Crippen molar-refractivity contribution in [3.05, 3.63) is 11.5 Å². The molecule has 0 aromatic rings. The molecule has 2 aliphatic heterocycles. The average Bonchev–Trinajstić information content (AvgIpc) is 2.61. The fourth-order valence-electron chi connectivity index (χ4n) is 1.54. The minimum atomic E-state index is -2.94. The molecule has 13 heavy (non-hydrogen) atoms. The van der Waals surface area contributed by atoms with E-state index in [1.54, 1.807) is 6.08 Å². The predicted octanol–water partition coefficient (Wildman–Crippen LogP) is 0.0790. The second-order valence-electron chi connectivity index (χ2n) is 3.34. The van der Waals surface area contributed by atoms with Crippen molar-refractivity contribution in [2.75, 3.05) is 12.3 Å². The normalized spacial score (nSPS) is 30.5. The molecular weight excluding hydrogens is 188 g/mol. The maximum absolute atomic E-state index is 11.0. The molecular formula is C8H12N2O2S. The lowest BCUT2D eigenvalue weighted by Gasteiger charge is -2.10. The molecule has 0 saturated heterocycles. The molecule has 0 amide bonds. The molecule has 0 aromatic heterocycles. The van der Waals surface area contributed by atoms with Crippen molar-refractivity contribution in [2.24, 2.45) is 4.99 Å². The number of amidine groups is 1. The number of aliphatic imine (C=N–C) groups is 1. The molecule has 0 aromatic carbocycles. The van der Waals surface area contributed by atoms with Gasteiger partial charge in [0.2, 0.25) is 0 Å². The summed E-state index contributed by atoms with van der Waals surface area (Å²) in [5.74, 6) is 1.12. The third-order valence-corrected chi connectivity index (χ3v) is 3.55. The number of hydrogen-bond acceptors (Lipinski definition) is 4. The van der Waals surface area contributed by atoms with E-state index in [2.05, 4.69) is 10.3 Å². The quantitative estimate of drug-likeness (QED) is 0.652. The van der Waals surface area contributed by atoms with Gasteiger partial charge in [-0.25, -0.2) is 8.42 Å². The van der Waals surface area contributed by atoms with Gasteiger partial charge in [-0.05, 0) is 12.5 Å². The molecule has 2 rings (SSSR count). The van der Waals surface area contributed by atoms with Gasteiger partial charge in [-0.1, -0.05) is 0 Å². The van der Waals surface area contributed by atoms with Gasteiger partial charge in [0.05, 0.1) is 17.6 Å². The summed E-state index contributed by atoms with van der Waals surface area (Å²) in [6.07, 6.45) is 3.71. The van der Waals surface area contributed by atoms with Crippen LogP contribution in [0.1, 0.15) is 12.8 Å². The highest BCUT2D eigenvalue weighted by Gasteiger charge is 2.22. The maximum Gasteiger partial charge on any atom is 0.173 e. The second-order valence-corrected chi connectivity index (χ2v) is 5.27. The van der Waals surface area contributed by atoms with Gasteiger partial charge in [-0.3, -0.25) is 4.99 Å². The molecule has 2 heterocycles. The molecule has 72 valence electrons. The highest BCUT2D eigenvalue weighted by molar-refractivity contribution is 7.94. The molecule has 0 fully saturated rings. The standard InChI is InChI=1S/C8H12N2O2S/c11-13(12)5-3-7(6-13)10-8-2-1-4-9-8/h3,5,7H,1-2,4,6H2,(H,9,10). The monoisotopic (exact) mass is 200 g/mol. The molecule has 0 saturated carbocycles. The molecule has 2 aliphatic rings. The third kappa shape index (κ3) is 2.09. The Labute approximate surface area is 77.7 Å². The summed E-state index contributed by atoms with van der Waals surface area (Å²) in [5, 5.41) is 4.40. The number of hydrogen-bond donors (Lipinski definition) is 1. The minimum absolute atomic E-state index is 0.0677. The summed E-state index contributed by atoms with van der Waals surface area (Å²) in [6.45, 7) is 0.867. The van der Waals surface area contributed by atoms with Gasteiger partial charge in [-0.2, -0.15) is 0 Å². The summed E-state index contributed by atoms with van der Waals surface area (Å²) < 4.78 is 22.1. The van der Waals surface area contributed by atoms with Gasteiger partial charge in [0.1, 0.15) is 0 Å². The van der Waals surface area contributed by atoms with Gasteiger partial charge in [0.25, 0.3) is 0 Å². The van der Waals surface area contributed by atoms with Gasteiger partial charge < -0.3 is 5.32 Å². The van der Waals surface area contributed by atoms with Gasteiger partial charge in [0, 0.05) is 18.4 Å². The van der Waals surface area contributed by atoms with Gasteiger partial charge >= 0.3 is 0 Å². The van der Waals surface area contributed by atoms with E-state index in [0.29, 0.717) is 0 Å². The van der Waals surface area contributed by atoms with E-state index in [1.807, 2.05) is 0 Å². The van der Waals surface area contributed by atoms with Crippen LogP contribution in [0.25, 0.3) is 0 Å². The molecule has 0 radical (unpaired) electrons. The number of rotatable bonds is 1. The first-order chi connectivity index (χ1) is 6.16. The minimum Gasteiger partial charge on any atom is -0.367 e. The largest absolute Gasteiger partial charge is 0.367 e.